The molecule has 2 saturated heterocycles. The quantitative estimate of drug-likeness (QED) is 0.800. The molecule has 0 aliphatic carbocycles. The molecule has 5 nitrogen and oxygen atoms in total. The largest absolute Gasteiger partial charge is 0.494 e. The van der Waals surface area contributed by atoms with Crippen molar-refractivity contribution in [1.82, 2.24) is 9.80 Å². The van der Waals surface area contributed by atoms with Crippen LogP contribution in [0.3, 0.4) is 0 Å². The molecule has 0 aromatic heterocycles. The van der Waals surface area contributed by atoms with E-state index in [-0.39, 0.29) is 17.8 Å². The highest BCUT2D eigenvalue weighted by Crippen LogP contribution is 2.44. The monoisotopic (exact) mass is 366 g/mol. The Kier molecular flexibility index (Phi) is 6.51. The smallest absolute Gasteiger partial charge is 0.165 e. The lowest BCUT2D eigenvalue weighted by Crippen LogP contribution is -2.44. The number of piperidine rings is 1. The van der Waals surface area contributed by atoms with Gasteiger partial charge in [0.2, 0.25) is 0 Å². The average Bonchev–Trinajstić information content (AvgIpc) is 3.00. The van der Waals surface area contributed by atoms with E-state index < -0.39 is 0 Å². The Labute approximate surface area is 155 Å². The van der Waals surface area contributed by atoms with E-state index >= 15 is 0 Å². The summed E-state index contributed by atoms with van der Waals surface area (Å²) in [6, 6.07) is 5.10. The fourth-order valence-electron chi connectivity index (χ4n) is 4.57. The van der Waals surface area contributed by atoms with Crippen molar-refractivity contribution in [3.05, 3.63) is 29.6 Å². The van der Waals surface area contributed by atoms with Crippen molar-refractivity contribution >= 4 is 0 Å². The highest BCUT2D eigenvalue weighted by Gasteiger charge is 2.47. The fraction of sp³-hybridized carbons (Fsp3) is 0.700. The van der Waals surface area contributed by atoms with Gasteiger partial charge < -0.3 is 19.5 Å². The summed E-state index contributed by atoms with van der Waals surface area (Å²) in [7, 11) is 3.23. The topological polar surface area (TPSA) is 45.2 Å². The van der Waals surface area contributed by atoms with Crippen LogP contribution in [0.25, 0.3) is 0 Å². The van der Waals surface area contributed by atoms with Crippen molar-refractivity contribution in [1.29, 1.82) is 0 Å². The van der Waals surface area contributed by atoms with E-state index in [4.69, 9.17) is 9.47 Å². The van der Waals surface area contributed by atoms with Gasteiger partial charge in [0.25, 0.3) is 0 Å². The summed E-state index contributed by atoms with van der Waals surface area (Å²) in [5, 5.41) is 9.89. The molecule has 0 amide bonds. The molecule has 1 aromatic rings. The molecule has 2 fully saturated rings. The minimum Gasteiger partial charge on any atom is -0.494 e. The van der Waals surface area contributed by atoms with Gasteiger partial charge in [-0.1, -0.05) is 6.07 Å². The number of hydrogen-bond donors (Lipinski definition) is 1. The van der Waals surface area contributed by atoms with Gasteiger partial charge in [-0.15, -0.1) is 0 Å². The molecule has 1 unspecified atom stereocenters. The molecular formula is C20H31FN2O3. The van der Waals surface area contributed by atoms with E-state index in [1.807, 2.05) is 6.07 Å². The second-order valence-electron chi connectivity index (χ2n) is 7.71. The average molecular weight is 366 g/mol. The Morgan fingerprint density at radius 1 is 1.23 bits per heavy atom. The van der Waals surface area contributed by atoms with Gasteiger partial charge in [-0.3, -0.25) is 4.90 Å². The van der Waals surface area contributed by atoms with E-state index in [0.29, 0.717) is 11.7 Å². The number of ether oxygens (including phenoxy) is 2. The predicted molar refractivity (Wildman–Crippen MR) is 98.8 cm³/mol. The van der Waals surface area contributed by atoms with Crippen LogP contribution in [-0.2, 0) is 11.3 Å². The molecule has 0 saturated carbocycles. The maximum atomic E-state index is 13.6. The van der Waals surface area contributed by atoms with Crippen LogP contribution in [0.15, 0.2) is 18.2 Å². The summed E-state index contributed by atoms with van der Waals surface area (Å²) < 4.78 is 23.9. The maximum absolute atomic E-state index is 13.6. The van der Waals surface area contributed by atoms with Gasteiger partial charge in [-0.25, -0.2) is 4.39 Å². The summed E-state index contributed by atoms with van der Waals surface area (Å²) in [5.74, 6) is 0.343. The Balaban J connectivity index is 1.58. The number of aliphatic hydroxyl groups excluding tert-OH is 1. The van der Waals surface area contributed by atoms with Crippen LogP contribution in [0.1, 0.15) is 18.4 Å². The molecule has 3 rings (SSSR count). The molecule has 26 heavy (non-hydrogen) atoms. The van der Waals surface area contributed by atoms with Crippen LogP contribution >= 0.6 is 0 Å². The molecule has 0 radical (unpaired) electrons. The summed E-state index contributed by atoms with van der Waals surface area (Å²) >= 11 is 0. The number of methoxy groups -OCH3 is 2. The van der Waals surface area contributed by atoms with Crippen molar-refractivity contribution in [2.24, 2.45) is 11.3 Å². The first-order valence-electron chi connectivity index (χ1n) is 9.47. The molecule has 6 heteroatoms. The SMILES string of the molecule is COCCN1CC(CO)C2(CCN(Cc3ccc(F)c(OC)c3)CC2)C1. The second-order valence-corrected chi connectivity index (χ2v) is 7.71. The third-order valence-corrected chi connectivity index (χ3v) is 6.19. The number of likely N-dealkylation sites (tertiary alicyclic amines) is 2. The highest BCUT2D eigenvalue weighted by atomic mass is 19.1. The number of aliphatic hydroxyl groups is 1. The Morgan fingerprint density at radius 2 is 2.00 bits per heavy atom. The number of halogens is 1. The van der Waals surface area contributed by atoms with Crippen molar-refractivity contribution < 1.29 is 19.0 Å². The van der Waals surface area contributed by atoms with Crippen LogP contribution in [0.2, 0.25) is 0 Å². The zero-order valence-electron chi connectivity index (χ0n) is 15.9. The van der Waals surface area contributed by atoms with Crippen molar-refractivity contribution in [3.8, 4) is 5.75 Å². The molecule has 1 atom stereocenters. The molecular weight excluding hydrogens is 335 g/mol. The third-order valence-electron chi connectivity index (χ3n) is 6.19. The van der Waals surface area contributed by atoms with E-state index in [9.17, 15) is 9.50 Å². The fourth-order valence-corrected chi connectivity index (χ4v) is 4.57. The molecule has 2 aliphatic rings. The lowest BCUT2D eigenvalue weighted by molar-refractivity contribution is 0.0477. The second kappa shape index (κ2) is 8.65. The van der Waals surface area contributed by atoms with Gasteiger partial charge in [-0.2, -0.15) is 0 Å². The lowest BCUT2D eigenvalue weighted by atomic mass is 9.71. The van der Waals surface area contributed by atoms with Crippen molar-refractivity contribution in [2.45, 2.75) is 19.4 Å². The molecule has 2 aliphatic heterocycles. The zero-order chi connectivity index (χ0) is 18.6. The summed E-state index contributed by atoms with van der Waals surface area (Å²) in [5.41, 5.74) is 1.30. The van der Waals surface area contributed by atoms with Gasteiger partial charge >= 0.3 is 0 Å². The van der Waals surface area contributed by atoms with Crippen molar-refractivity contribution in [3.63, 3.8) is 0 Å². The number of nitrogens with zero attached hydrogens (tertiary/aromatic N) is 2. The molecule has 2 heterocycles. The van der Waals surface area contributed by atoms with Crippen LogP contribution in [0, 0.1) is 17.2 Å². The minimum absolute atomic E-state index is 0.222. The van der Waals surface area contributed by atoms with Gasteiger partial charge in [0.05, 0.1) is 13.7 Å². The summed E-state index contributed by atoms with van der Waals surface area (Å²) in [6.45, 7) is 6.79. The van der Waals surface area contributed by atoms with Gasteiger partial charge in [0.15, 0.2) is 11.6 Å². The standard InChI is InChI=1S/C20H31FN2O3/c1-25-10-9-23-13-17(14-24)20(15-23)5-7-22(8-6-20)12-16-3-4-18(21)19(11-16)26-2/h3-4,11,17,24H,5-10,12-15H2,1-2H3. The summed E-state index contributed by atoms with van der Waals surface area (Å²) in [6.07, 6.45) is 2.19. The predicted octanol–water partition coefficient (Wildman–Crippen LogP) is 1.99. The Hall–Kier alpha value is -1.21. The van der Waals surface area contributed by atoms with Crippen LogP contribution in [-0.4, -0.2) is 75.1 Å². The lowest BCUT2D eigenvalue weighted by Gasteiger charge is -2.42. The zero-order valence-corrected chi connectivity index (χ0v) is 15.9. The van der Waals surface area contributed by atoms with E-state index in [1.165, 1.54) is 13.2 Å². The van der Waals surface area contributed by atoms with Crippen LogP contribution in [0.5, 0.6) is 5.75 Å². The van der Waals surface area contributed by atoms with Gasteiger partial charge in [0, 0.05) is 45.8 Å². The van der Waals surface area contributed by atoms with E-state index in [2.05, 4.69) is 9.80 Å². The Bertz CT molecular complexity index is 590. The minimum atomic E-state index is -0.318. The van der Waals surface area contributed by atoms with Gasteiger partial charge in [0.1, 0.15) is 0 Å². The Morgan fingerprint density at radius 3 is 2.65 bits per heavy atom. The molecule has 146 valence electrons. The van der Waals surface area contributed by atoms with Gasteiger partial charge in [-0.05, 0) is 49.0 Å². The molecule has 1 spiro atoms. The van der Waals surface area contributed by atoms with Crippen molar-refractivity contribution in [2.75, 3.05) is 60.2 Å². The summed E-state index contributed by atoms with van der Waals surface area (Å²) in [4.78, 5) is 4.86. The molecule has 1 aromatic carbocycles. The number of rotatable bonds is 7. The number of hydrogen-bond acceptors (Lipinski definition) is 5. The first-order valence-corrected chi connectivity index (χ1v) is 9.47. The van der Waals surface area contributed by atoms with Crippen LogP contribution in [0.4, 0.5) is 4.39 Å². The molecule has 1 N–H and O–H groups in total. The van der Waals surface area contributed by atoms with Crippen LogP contribution < -0.4 is 4.74 Å². The third kappa shape index (κ3) is 4.19. The highest BCUT2D eigenvalue weighted by molar-refractivity contribution is 5.30. The number of benzene rings is 1. The normalized spacial score (nSPS) is 23.6. The van der Waals surface area contributed by atoms with E-state index in [1.54, 1.807) is 13.2 Å². The molecule has 0 bridgehead atoms. The maximum Gasteiger partial charge on any atom is 0.165 e. The first-order chi connectivity index (χ1) is 12.6. The first kappa shape index (κ1) is 19.5. The van der Waals surface area contributed by atoms with E-state index in [0.717, 1.165) is 64.3 Å².